The first kappa shape index (κ1) is 11.2. The molecule has 0 saturated heterocycles. The van der Waals surface area contributed by atoms with E-state index in [-0.39, 0.29) is 5.25 Å². The third-order valence-electron chi connectivity index (χ3n) is 2.91. The maximum atomic E-state index is 11.7. The topological polar surface area (TPSA) is 43.1 Å². The Kier molecular flexibility index (Phi) is 4.96. The van der Waals surface area contributed by atoms with Crippen LogP contribution in [0.2, 0.25) is 0 Å². The standard InChI is InChI=1S/C10H21NOS/c1-9(7-11)13(12)8-10-5-3-2-4-6-10/h9-10H,2-8,11H2,1H3. The lowest BCUT2D eigenvalue weighted by molar-refractivity contribution is 0.388. The quantitative estimate of drug-likeness (QED) is 0.755. The minimum atomic E-state index is -0.687. The summed E-state index contributed by atoms with van der Waals surface area (Å²) < 4.78 is 11.7. The zero-order valence-electron chi connectivity index (χ0n) is 8.50. The second-order valence-electron chi connectivity index (χ2n) is 4.10. The smallest absolute Gasteiger partial charge is 0.0442 e. The van der Waals surface area contributed by atoms with Gasteiger partial charge in [-0.3, -0.25) is 4.21 Å². The zero-order chi connectivity index (χ0) is 9.68. The lowest BCUT2D eigenvalue weighted by Crippen LogP contribution is -2.27. The fourth-order valence-corrected chi connectivity index (χ4v) is 3.20. The lowest BCUT2D eigenvalue weighted by atomic mass is 9.91. The predicted molar refractivity (Wildman–Crippen MR) is 58.1 cm³/mol. The second-order valence-corrected chi connectivity index (χ2v) is 6.00. The Morgan fingerprint density at radius 3 is 2.54 bits per heavy atom. The Hall–Kier alpha value is 0.110. The number of hydrogen-bond acceptors (Lipinski definition) is 2. The molecule has 1 rings (SSSR count). The van der Waals surface area contributed by atoms with Crippen molar-refractivity contribution in [3.8, 4) is 0 Å². The molecule has 0 heterocycles. The van der Waals surface area contributed by atoms with Gasteiger partial charge < -0.3 is 5.73 Å². The molecule has 0 amide bonds. The minimum absolute atomic E-state index is 0.182. The molecule has 2 nitrogen and oxygen atoms in total. The van der Waals surface area contributed by atoms with E-state index in [4.69, 9.17) is 5.73 Å². The molecule has 0 spiro atoms. The van der Waals surface area contributed by atoms with Gasteiger partial charge in [0.15, 0.2) is 0 Å². The van der Waals surface area contributed by atoms with Gasteiger partial charge in [-0.15, -0.1) is 0 Å². The van der Waals surface area contributed by atoms with Crippen LogP contribution in [-0.4, -0.2) is 21.8 Å². The van der Waals surface area contributed by atoms with Gasteiger partial charge in [0.2, 0.25) is 0 Å². The fraction of sp³-hybridized carbons (Fsp3) is 1.00. The van der Waals surface area contributed by atoms with E-state index < -0.39 is 10.8 Å². The molecule has 2 atom stereocenters. The molecule has 78 valence electrons. The van der Waals surface area contributed by atoms with Gasteiger partial charge in [0.1, 0.15) is 0 Å². The predicted octanol–water partition coefficient (Wildman–Crippen LogP) is 1.66. The third kappa shape index (κ3) is 3.77. The van der Waals surface area contributed by atoms with Crippen LogP contribution in [0, 0.1) is 5.92 Å². The summed E-state index contributed by atoms with van der Waals surface area (Å²) in [7, 11) is -0.687. The van der Waals surface area contributed by atoms with Gasteiger partial charge in [0.25, 0.3) is 0 Å². The van der Waals surface area contributed by atoms with Crippen LogP contribution in [0.1, 0.15) is 39.0 Å². The first-order valence-corrected chi connectivity index (χ1v) is 6.69. The Morgan fingerprint density at radius 2 is 2.00 bits per heavy atom. The molecule has 2 N–H and O–H groups in total. The van der Waals surface area contributed by atoms with E-state index in [1.165, 1.54) is 32.1 Å². The van der Waals surface area contributed by atoms with E-state index in [9.17, 15) is 4.21 Å². The summed E-state index contributed by atoms with van der Waals surface area (Å²) in [5.41, 5.74) is 5.49. The average Bonchev–Trinajstić information content (AvgIpc) is 2.18. The summed E-state index contributed by atoms with van der Waals surface area (Å²) >= 11 is 0. The van der Waals surface area contributed by atoms with Crippen molar-refractivity contribution >= 4 is 10.8 Å². The van der Waals surface area contributed by atoms with E-state index in [1.54, 1.807) is 0 Å². The van der Waals surface area contributed by atoms with Crippen LogP contribution in [0.15, 0.2) is 0 Å². The molecule has 0 aromatic carbocycles. The van der Waals surface area contributed by atoms with Gasteiger partial charge in [-0.25, -0.2) is 0 Å². The number of rotatable bonds is 4. The van der Waals surface area contributed by atoms with Gasteiger partial charge in [0.05, 0.1) is 0 Å². The van der Waals surface area contributed by atoms with Crippen molar-refractivity contribution in [1.29, 1.82) is 0 Å². The molecular formula is C10H21NOS. The molecule has 13 heavy (non-hydrogen) atoms. The highest BCUT2D eigenvalue weighted by Crippen LogP contribution is 2.24. The Balaban J connectivity index is 2.26. The van der Waals surface area contributed by atoms with Crippen molar-refractivity contribution in [2.45, 2.75) is 44.3 Å². The number of nitrogens with two attached hydrogens (primary N) is 1. The largest absolute Gasteiger partial charge is 0.329 e. The third-order valence-corrected chi connectivity index (χ3v) is 4.80. The van der Waals surface area contributed by atoms with Gasteiger partial charge in [-0.1, -0.05) is 19.3 Å². The summed E-state index contributed by atoms with van der Waals surface area (Å²) in [6.07, 6.45) is 6.60. The monoisotopic (exact) mass is 203 g/mol. The van der Waals surface area contributed by atoms with Crippen LogP contribution in [0.3, 0.4) is 0 Å². The van der Waals surface area contributed by atoms with Gasteiger partial charge in [-0.05, 0) is 25.7 Å². The van der Waals surface area contributed by atoms with Crippen molar-refractivity contribution in [2.24, 2.45) is 11.7 Å². The molecule has 0 radical (unpaired) electrons. The first-order chi connectivity index (χ1) is 6.24. The normalized spacial score (nSPS) is 24.2. The summed E-state index contributed by atoms with van der Waals surface area (Å²) in [6.45, 7) is 2.54. The minimum Gasteiger partial charge on any atom is -0.329 e. The molecule has 0 aliphatic heterocycles. The Morgan fingerprint density at radius 1 is 1.38 bits per heavy atom. The average molecular weight is 203 g/mol. The fourth-order valence-electron chi connectivity index (χ4n) is 1.86. The number of hydrogen-bond donors (Lipinski definition) is 1. The Labute approximate surface area is 83.7 Å². The van der Waals surface area contributed by atoms with E-state index in [1.807, 2.05) is 6.92 Å². The molecule has 1 aliphatic carbocycles. The maximum Gasteiger partial charge on any atom is 0.0442 e. The maximum absolute atomic E-state index is 11.7. The van der Waals surface area contributed by atoms with Gasteiger partial charge in [0, 0.05) is 28.3 Å². The Bertz CT molecular complexity index is 166. The van der Waals surface area contributed by atoms with Crippen LogP contribution in [0.25, 0.3) is 0 Å². The molecule has 0 aromatic heterocycles. The van der Waals surface area contributed by atoms with Crippen molar-refractivity contribution in [3.05, 3.63) is 0 Å². The molecule has 1 fully saturated rings. The van der Waals surface area contributed by atoms with E-state index in [0.717, 1.165) is 5.75 Å². The van der Waals surface area contributed by atoms with Gasteiger partial charge in [-0.2, -0.15) is 0 Å². The summed E-state index contributed by atoms with van der Waals surface area (Å²) in [5, 5.41) is 0.182. The van der Waals surface area contributed by atoms with Crippen molar-refractivity contribution in [2.75, 3.05) is 12.3 Å². The van der Waals surface area contributed by atoms with Crippen molar-refractivity contribution in [1.82, 2.24) is 0 Å². The molecule has 1 saturated carbocycles. The highest BCUT2D eigenvalue weighted by Gasteiger charge is 2.18. The van der Waals surface area contributed by atoms with E-state index >= 15 is 0 Å². The SMILES string of the molecule is CC(CN)S(=O)CC1CCCCC1. The first-order valence-electron chi connectivity index (χ1n) is 5.31. The summed E-state index contributed by atoms with van der Waals surface area (Å²) in [6, 6.07) is 0. The highest BCUT2D eigenvalue weighted by molar-refractivity contribution is 7.85. The van der Waals surface area contributed by atoms with E-state index in [2.05, 4.69) is 0 Å². The molecular weight excluding hydrogens is 182 g/mol. The van der Waals surface area contributed by atoms with Crippen LogP contribution in [-0.2, 0) is 10.8 Å². The van der Waals surface area contributed by atoms with Gasteiger partial charge >= 0.3 is 0 Å². The highest BCUT2D eigenvalue weighted by atomic mass is 32.2. The molecule has 0 bridgehead atoms. The molecule has 2 unspecified atom stereocenters. The lowest BCUT2D eigenvalue weighted by Gasteiger charge is -2.22. The summed E-state index contributed by atoms with van der Waals surface area (Å²) in [4.78, 5) is 0. The molecule has 3 heteroatoms. The van der Waals surface area contributed by atoms with Crippen LogP contribution in [0.4, 0.5) is 0 Å². The van der Waals surface area contributed by atoms with Crippen LogP contribution in [0.5, 0.6) is 0 Å². The molecule has 0 aromatic rings. The van der Waals surface area contributed by atoms with Crippen molar-refractivity contribution in [3.63, 3.8) is 0 Å². The van der Waals surface area contributed by atoms with Crippen LogP contribution < -0.4 is 5.73 Å². The second kappa shape index (κ2) is 5.76. The van der Waals surface area contributed by atoms with Crippen LogP contribution >= 0.6 is 0 Å². The molecule has 1 aliphatic rings. The van der Waals surface area contributed by atoms with E-state index in [0.29, 0.717) is 12.5 Å². The summed E-state index contributed by atoms with van der Waals surface area (Å²) in [5.74, 6) is 1.60. The zero-order valence-corrected chi connectivity index (χ0v) is 9.31. The van der Waals surface area contributed by atoms with Crippen molar-refractivity contribution < 1.29 is 4.21 Å².